The van der Waals surface area contributed by atoms with Crippen LogP contribution in [0.1, 0.15) is 307 Å². The number of rotatable bonds is 44. The van der Waals surface area contributed by atoms with Crippen LogP contribution in [0.25, 0.3) is 129 Å². The standard InChI is InChI=1S/C96H120/c1-5-9-13-17-21-25-29-33-37-41-55-69-70(56-42-38-34-30-26-22-18-14-10-6-2)72(58-44-40-36-32-28-24-20-16-12-8-4)88-87(71(69)57-43-39-35-31-27-23-19-15-11-7-3)89-81-67-53-51-65-79(81)85-77-63-49-47-61-75(77)83-73-59-45-46-60-74(73)84-76-62-48-50-64-78(76)86-80-66-52-54-68-82(80)90(88)96-94(86)92(84)91(83)93(85)95(89)96/h45-54,59-68H,5-44,55-58H2,1-4H3. The van der Waals surface area contributed by atoms with Crippen LogP contribution in [0.5, 0.6) is 0 Å². The third-order valence-electron chi connectivity index (χ3n) is 23.9. The molecule has 0 saturated heterocycles. The summed E-state index contributed by atoms with van der Waals surface area (Å²) in [5.41, 5.74) is 7.14. The molecule has 0 heterocycles. The molecule has 0 heteroatoms. The highest BCUT2D eigenvalue weighted by Crippen LogP contribution is 2.61. The van der Waals surface area contributed by atoms with Gasteiger partial charge < -0.3 is 0 Å². The predicted octanol–water partition coefficient (Wildman–Crippen LogP) is 31.7. The van der Waals surface area contributed by atoms with Gasteiger partial charge in [0.05, 0.1) is 0 Å². The summed E-state index contributed by atoms with van der Waals surface area (Å²) in [6.07, 6.45) is 59.7. The summed E-state index contributed by atoms with van der Waals surface area (Å²) in [4.78, 5) is 0. The maximum atomic E-state index is 2.60. The molecule has 0 radical (unpaired) electrons. The highest BCUT2D eigenvalue weighted by molar-refractivity contribution is 6.61. The molecule has 0 saturated carbocycles. The number of unbranched alkanes of at least 4 members (excludes halogenated alkanes) is 36. The molecule has 0 nitrogen and oxygen atoms in total. The van der Waals surface area contributed by atoms with Crippen molar-refractivity contribution in [3.05, 3.63) is 144 Å². The second kappa shape index (κ2) is 34.0. The molecule has 0 aliphatic carbocycles. The van der Waals surface area contributed by atoms with Gasteiger partial charge >= 0.3 is 0 Å². The van der Waals surface area contributed by atoms with Gasteiger partial charge in [-0.05, 0) is 203 Å². The quantitative estimate of drug-likeness (QED) is 0.0203. The van der Waals surface area contributed by atoms with Crippen LogP contribution in [0.3, 0.4) is 0 Å². The highest BCUT2D eigenvalue weighted by atomic mass is 14.4. The van der Waals surface area contributed by atoms with Crippen molar-refractivity contribution in [2.75, 3.05) is 0 Å². The summed E-state index contributed by atoms with van der Waals surface area (Å²) in [5, 5.41) is 35.6. The third kappa shape index (κ3) is 14.1. The maximum Gasteiger partial charge on any atom is -0.0000368 e. The molecule has 0 spiro atoms. The topological polar surface area (TPSA) is 0 Å². The van der Waals surface area contributed by atoms with Crippen molar-refractivity contribution < 1.29 is 0 Å². The Morgan fingerprint density at radius 1 is 0.135 bits per heavy atom. The van der Waals surface area contributed by atoms with E-state index in [0.717, 1.165) is 0 Å². The molecule has 504 valence electrons. The lowest BCUT2D eigenvalue weighted by atomic mass is 9.72. The number of hydrogen-bond donors (Lipinski definition) is 0. The largest absolute Gasteiger partial charge is 0.0654 e. The van der Waals surface area contributed by atoms with E-state index in [4.69, 9.17) is 0 Å². The van der Waals surface area contributed by atoms with Crippen molar-refractivity contribution in [2.45, 2.75) is 310 Å². The van der Waals surface area contributed by atoms with E-state index in [0.29, 0.717) is 0 Å². The van der Waals surface area contributed by atoms with Crippen molar-refractivity contribution in [3.8, 4) is 0 Å². The Labute approximate surface area is 579 Å². The molecule has 0 bridgehead atoms. The first-order valence-electron chi connectivity index (χ1n) is 40.9. The van der Waals surface area contributed by atoms with Crippen LogP contribution in [-0.4, -0.2) is 0 Å². The molecule has 0 fully saturated rings. The van der Waals surface area contributed by atoms with Crippen molar-refractivity contribution in [2.24, 2.45) is 0 Å². The first-order chi connectivity index (χ1) is 47.7. The van der Waals surface area contributed by atoms with Crippen LogP contribution in [0.2, 0.25) is 0 Å². The lowest BCUT2D eigenvalue weighted by Crippen LogP contribution is -2.10. The fraction of sp³-hybridized carbons (Fsp3) is 0.500. The molecule has 96 heavy (non-hydrogen) atoms. The van der Waals surface area contributed by atoms with Gasteiger partial charge in [0.1, 0.15) is 0 Å². The van der Waals surface area contributed by atoms with Crippen LogP contribution < -0.4 is 0 Å². The monoisotopic (exact) mass is 1270 g/mol. The van der Waals surface area contributed by atoms with Crippen LogP contribution >= 0.6 is 0 Å². The Hall–Kier alpha value is -6.24. The summed E-state index contributed by atoms with van der Waals surface area (Å²) < 4.78 is 0. The Morgan fingerprint density at radius 2 is 0.281 bits per heavy atom. The Kier molecular flexibility index (Phi) is 24.2. The summed E-state index contributed by atoms with van der Waals surface area (Å²) in [6.45, 7) is 9.42. The SMILES string of the molecule is CCCCCCCCCCCCc1c(CCCCCCCCCCCC)c(CCCCCCCCCCCC)c2c(c1CCCCCCCCCCCC)c1c3ccccc3c3c4ccccc4c4c5ccccc5c5c6ccccc6c6c7ccccc7c2c2c6c5c4c3c12. The van der Waals surface area contributed by atoms with E-state index in [9.17, 15) is 0 Å². The van der Waals surface area contributed by atoms with E-state index in [1.54, 1.807) is 43.4 Å². The second-order valence-electron chi connectivity index (χ2n) is 30.6. The molecule has 0 unspecified atom stereocenters. The average molecular weight is 1270 g/mol. The second-order valence-corrected chi connectivity index (χ2v) is 30.6. The summed E-state index contributed by atoms with van der Waals surface area (Å²) >= 11 is 0. The summed E-state index contributed by atoms with van der Waals surface area (Å²) in [6, 6.07) is 48.8. The van der Waals surface area contributed by atoms with Crippen LogP contribution in [0, 0.1) is 0 Å². The van der Waals surface area contributed by atoms with Crippen LogP contribution in [0.4, 0.5) is 0 Å². The summed E-state index contributed by atoms with van der Waals surface area (Å²) in [7, 11) is 0. The van der Waals surface area contributed by atoms with Gasteiger partial charge in [-0.3, -0.25) is 0 Å². The maximum absolute atomic E-state index is 2.60. The lowest BCUT2D eigenvalue weighted by Gasteiger charge is -2.31. The van der Waals surface area contributed by atoms with Gasteiger partial charge in [-0.15, -0.1) is 0 Å². The minimum Gasteiger partial charge on any atom is -0.0654 e. The molecule has 0 atom stereocenters. The van der Waals surface area contributed by atoms with Gasteiger partial charge in [0.15, 0.2) is 0 Å². The van der Waals surface area contributed by atoms with E-state index in [1.165, 1.54) is 379 Å². The zero-order valence-corrected chi connectivity index (χ0v) is 60.7. The van der Waals surface area contributed by atoms with Gasteiger partial charge in [0.25, 0.3) is 0 Å². The first kappa shape index (κ1) is 68.3. The van der Waals surface area contributed by atoms with Crippen molar-refractivity contribution in [1.82, 2.24) is 0 Å². The van der Waals surface area contributed by atoms with E-state index < -0.39 is 0 Å². The van der Waals surface area contributed by atoms with Crippen LogP contribution in [-0.2, 0) is 25.7 Å². The molecule has 0 amide bonds. The molecule has 13 rings (SSSR count). The van der Waals surface area contributed by atoms with Gasteiger partial charge in [-0.1, -0.05) is 380 Å². The lowest BCUT2D eigenvalue weighted by molar-refractivity contribution is 0.549. The Bertz CT molecular complexity index is 4280. The number of hydrogen-bond acceptors (Lipinski definition) is 0. The number of fused-ring (bicyclic) bond motifs is 18. The molecule has 0 aromatic heterocycles. The Morgan fingerprint density at radius 3 is 0.469 bits per heavy atom. The van der Waals surface area contributed by atoms with Gasteiger partial charge in [0, 0.05) is 0 Å². The fourth-order valence-corrected chi connectivity index (χ4v) is 19.1. The minimum atomic E-state index is 1.17. The molecule has 13 aromatic rings. The third-order valence-corrected chi connectivity index (χ3v) is 23.9. The number of aryl methyl sites for hydroxylation is 2. The molecular weight excluding hydrogens is 1150 g/mol. The predicted molar refractivity (Wildman–Crippen MR) is 432 cm³/mol. The normalized spacial score (nSPS) is 12.5. The molecule has 0 aliphatic rings. The zero-order valence-electron chi connectivity index (χ0n) is 60.7. The van der Waals surface area contributed by atoms with Gasteiger partial charge in [-0.25, -0.2) is 0 Å². The van der Waals surface area contributed by atoms with E-state index in [-0.39, 0.29) is 0 Å². The summed E-state index contributed by atoms with van der Waals surface area (Å²) in [5.74, 6) is 0. The van der Waals surface area contributed by atoms with Crippen molar-refractivity contribution >= 4 is 129 Å². The fourth-order valence-electron chi connectivity index (χ4n) is 19.1. The van der Waals surface area contributed by atoms with E-state index in [2.05, 4.69) is 149 Å². The first-order valence-corrected chi connectivity index (χ1v) is 40.9. The van der Waals surface area contributed by atoms with Gasteiger partial charge in [0.2, 0.25) is 0 Å². The van der Waals surface area contributed by atoms with Gasteiger partial charge in [-0.2, -0.15) is 0 Å². The highest BCUT2D eigenvalue weighted by Gasteiger charge is 2.33. The average Bonchev–Trinajstić information content (AvgIpc) is 0.647. The Balaban J connectivity index is 1.10. The molecule has 0 N–H and O–H groups in total. The van der Waals surface area contributed by atoms with Crippen molar-refractivity contribution in [1.29, 1.82) is 0 Å². The smallest absolute Gasteiger partial charge is 0.0000368 e. The molecule has 0 aliphatic heterocycles. The number of benzene rings is 13. The minimum absolute atomic E-state index is 1.17. The van der Waals surface area contributed by atoms with Crippen LogP contribution in [0.15, 0.2) is 121 Å². The molecular formula is C96H120. The van der Waals surface area contributed by atoms with E-state index in [1.807, 2.05) is 11.1 Å². The molecule has 13 aromatic carbocycles. The van der Waals surface area contributed by atoms with Crippen molar-refractivity contribution in [3.63, 3.8) is 0 Å². The van der Waals surface area contributed by atoms with E-state index >= 15 is 0 Å². The zero-order chi connectivity index (χ0) is 65.4.